The maximum Gasteiger partial charge on any atom is 0.122 e. The predicted molar refractivity (Wildman–Crippen MR) is 77.8 cm³/mol. The average Bonchev–Trinajstić information content (AvgIpc) is 2.46. The number of hydrogen-bond donors (Lipinski definition) is 2. The van der Waals surface area contributed by atoms with Crippen LogP contribution >= 0.6 is 0 Å². The van der Waals surface area contributed by atoms with Crippen molar-refractivity contribution in [1.29, 1.82) is 0 Å². The van der Waals surface area contributed by atoms with E-state index in [2.05, 4.69) is 23.2 Å². The monoisotopic (exact) mass is 264 g/mol. The van der Waals surface area contributed by atoms with Gasteiger partial charge in [-0.1, -0.05) is 13.0 Å². The van der Waals surface area contributed by atoms with E-state index < -0.39 is 0 Å². The molecule has 2 unspecified atom stereocenters. The zero-order valence-corrected chi connectivity index (χ0v) is 12.0. The van der Waals surface area contributed by atoms with Gasteiger partial charge in [-0.25, -0.2) is 0 Å². The predicted octanol–water partition coefficient (Wildman–Crippen LogP) is 2.29. The molecule has 1 heterocycles. The Balaban J connectivity index is 2.15. The molecule has 0 saturated carbocycles. The highest BCUT2D eigenvalue weighted by atomic mass is 16.5. The topological polar surface area (TPSA) is 44.7 Å². The number of benzene rings is 1. The normalized spacial score (nSPS) is 21.4. The number of anilines is 1. The van der Waals surface area contributed by atoms with Crippen molar-refractivity contribution in [3.8, 4) is 5.75 Å². The van der Waals surface area contributed by atoms with Crippen LogP contribution in [0.4, 0.5) is 5.69 Å². The van der Waals surface area contributed by atoms with Crippen LogP contribution in [0.3, 0.4) is 0 Å². The van der Waals surface area contributed by atoms with Crippen molar-refractivity contribution in [2.75, 3.05) is 31.6 Å². The van der Waals surface area contributed by atoms with Crippen LogP contribution in [-0.2, 0) is 4.74 Å². The fourth-order valence-corrected chi connectivity index (χ4v) is 2.45. The summed E-state index contributed by atoms with van der Waals surface area (Å²) >= 11 is 0. The molecule has 19 heavy (non-hydrogen) atoms. The van der Waals surface area contributed by atoms with Crippen LogP contribution in [0.1, 0.15) is 31.9 Å². The van der Waals surface area contributed by atoms with E-state index in [0.717, 1.165) is 37.4 Å². The Bertz CT molecular complexity index is 423. The van der Waals surface area contributed by atoms with E-state index in [1.165, 1.54) is 0 Å². The molecule has 0 aromatic heterocycles. The minimum Gasteiger partial charge on any atom is -0.508 e. The fourth-order valence-electron chi connectivity index (χ4n) is 2.45. The lowest BCUT2D eigenvalue weighted by Crippen LogP contribution is -2.42. The molecule has 2 rings (SSSR count). The molecule has 0 bridgehead atoms. The summed E-state index contributed by atoms with van der Waals surface area (Å²) in [5, 5.41) is 13.3. The smallest absolute Gasteiger partial charge is 0.122 e. The maximum atomic E-state index is 10.1. The largest absolute Gasteiger partial charge is 0.508 e. The van der Waals surface area contributed by atoms with Crippen LogP contribution in [0.5, 0.6) is 5.75 Å². The van der Waals surface area contributed by atoms with Crippen LogP contribution in [0.25, 0.3) is 0 Å². The molecular weight excluding hydrogens is 240 g/mol. The Kier molecular flexibility index (Phi) is 4.66. The molecule has 106 valence electrons. The molecule has 0 spiro atoms. The Morgan fingerprint density at radius 2 is 2.32 bits per heavy atom. The Morgan fingerprint density at radius 1 is 1.53 bits per heavy atom. The van der Waals surface area contributed by atoms with Gasteiger partial charge >= 0.3 is 0 Å². The van der Waals surface area contributed by atoms with Gasteiger partial charge in [-0.3, -0.25) is 0 Å². The number of hydrogen-bond acceptors (Lipinski definition) is 4. The standard InChI is InChI=1S/C15H24N2O2/c1-4-13-10-17(7-8-19-13)12-5-6-14(11(2)16-3)15(18)9-12/h5-6,9,11,13,16,18H,4,7-8,10H2,1-3H3. The molecule has 1 aliphatic heterocycles. The minimum atomic E-state index is 0.155. The SMILES string of the molecule is CCC1CN(c2ccc(C(C)NC)c(O)c2)CCO1. The summed E-state index contributed by atoms with van der Waals surface area (Å²) in [5.41, 5.74) is 2.01. The zero-order valence-electron chi connectivity index (χ0n) is 12.0. The van der Waals surface area contributed by atoms with Gasteiger partial charge in [-0.05, 0) is 26.5 Å². The van der Waals surface area contributed by atoms with Crippen molar-refractivity contribution in [2.24, 2.45) is 0 Å². The molecule has 1 fully saturated rings. The first-order valence-corrected chi connectivity index (χ1v) is 7.02. The summed E-state index contributed by atoms with van der Waals surface area (Å²) in [6, 6.07) is 6.10. The van der Waals surface area contributed by atoms with Crippen LogP contribution < -0.4 is 10.2 Å². The van der Waals surface area contributed by atoms with E-state index in [0.29, 0.717) is 11.9 Å². The first-order valence-electron chi connectivity index (χ1n) is 7.02. The van der Waals surface area contributed by atoms with Crippen LogP contribution in [0.15, 0.2) is 18.2 Å². The Hall–Kier alpha value is -1.26. The van der Waals surface area contributed by atoms with E-state index in [9.17, 15) is 5.11 Å². The molecule has 2 N–H and O–H groups in total. The van der Waals surface area contributed by atoms with Crippen molar-refractivity contribution < 1.29 is 9.84 Å². The van der Waals surface area contributed by atoms with E-state index in [-0.39, 0.29) is 6.04 Å². The van der Waals surface area contributed by atoms with Crippen molar-refractivity contribution in [2.45, 2.75) is 32.4 Å². The van der Waals surface area contributed by atoms with Gasteiger partial charge in [0.1, 0.15) is 5.75 Å². The van der Waals surface area contributed by atoms with Gasteiger partial charge < -0.3 is 20.1 Å². The highest BCUT2D eigenvalue weighted by Gasteiger charge is 2.20. The third-order valence-electron chi connectivity index (χ3n) is 3.87. The molecule has 0 aliphatic carbocycles. The molecule has 4 heteroatoms. The lowest BCUT2D eigenvalue weighted by Gasteiger charge is -2.34. The van der Waals surface area contributed by atoms with Crippen LogP contribution in [-0.4, -0.2) is 38.0 Å². The van der Waals surface area contributed by atoms with Gasteiger partial charge in [-0.15, -0.1) is 0 Å². The van der Waals surface area contributed by atoms with Gasteiger partial charge in [0, 0.05) is 36.4 Å². The lowest BCUT2D eigenvalue weighted by atomic mass is 10.1. The average molecular weight is 264 g/mol. The van der Waals surface area contributed by atoms with Crippen molar-refractivity contribution in [3.63, 3.8) is 0 Å². The van der Waals surface area contributed by atoms with Crippen molar-refractivity contribution >= 4 is 5.69 Å². The molecule has 1 saturated heterocycles. The molecule has 1 aliphatic rings. The second-order valence-corrected chi connectivity index (χ2v) is 5.10. The highest BCUT2D eigenvalue weighted by molar-refractivity contribution is 5.54. The van der Waals surface area contributed by atoms with Gasteiger partial charge in [0.05, 0.1) is 12.7 Å². The Labute approximate surface area is 115 Å². The van der Waals surface area contributed by atoms with E-state index in [4.69, 9.17) is 4.74 Å². The minimum absolute atomic E-state index is 0.155. The highest BCUT2D eigenvalue weighted by Crippen LogP contribution is 2.29. The number of morpholine rings is 1. The Morgan fingerprint density at radius 3 is 2.95 bits per heavy atom. The first-order chi connectivity index (χ1) is 9.15. The number of phenolic OH excluding ortho intramolecular Hbond substituents is 1. The number of aromatic hydroxyl groups is 1. The third kappa shape index (κ3) is 3.19. The number of phenols is 1. The molecule has 1 aromatic rings. The number of ether oxygens (including phenoxy) is 1. The van der Waals surface area contributed by atoms with E-state index in [1.807, 2.05) is 26.1 Å². The van der Waals surface area contributed by atoms with Gasteiger partial charge in [0.25, 0.3) is 0 Å². The molecule has 4 nitrogen and oxygen atoms in total. The molecule has 0 amide bonds. The summed E-state index contributed by atoms with van der Waals surface area (Å²) in [7, 11) is 1.89. The van der Waals surface area contributed by atoms with E-state index >= 15 is 0 Å². The van der Waals surface area contributed by atoms with Crippen LogP contribution in [0.2, 0.25) is 0 Å². The quantitative estimate of drug-likeness (QED) is 0.876. The van der Waals surface area contributed by atoms with E-state index in [1.54, 1.807) is 0 Å². The molecule has 0 radical (unpaired) electrons. The number of nitrogens with zero attached hydrogens (tertiary/aromatic N) is 1. The second-order valence-electron chi connectivity index (χ2n) is 5.10. The molecular formula is C15H24N2O2. The second kappa shape index (κ2) is 6.26. The zero-order chi connectivity index (χ0) is 13.8. The first kappa shape index (κ1) is 14.2. The third-order valence-corrected chi connectivity index (χ3v) is 3.87. The summed E-state index contributed by atoms with van der Waals surface area (Å²) in [6.07, 6.45) is 1.32. The summed E-state index contributed by atoms with van der Waals surface area (Å²) in [4.78, 5) is 2.28. The van der Waals surface area contributed by atoms with Crippen molar-refractivity contribution in [3.05, 3.63) is 23.8 Å². The number of rotatable bonds is 4. The molecule has 2 atom stereocenters. The molecule has 1 aromatic carbocycles. The van der Waals surface area contributed by atoms with Gasteiger partial charge in [0.15, 0.2) is 0 Å². The number of nitrogens with one attached hydrogen (secondary N) is 1. The fraction of sp³-hybridized carbons (Fsp3) is 0.600. The van der Waals surface area contributed by atoms with Crippen LogP contribution in [0, 0.1) is 0 Å². The maximum absolute atomic E-state index is 10.1. The van der Waals surface area contributed by atoms with Gasteiger partial charge in [-0.2, -0.15) is 0 Å². The lowest BCUT2D eigenvalue weighted by molar-refractivity contribution is 0.0384. The summed E-state index contributed by atoms with van der Waals surface area (Å²) in [5.74, 6) is 0.360. The summed E-state index contributed by atoms with van der Waals surface area (Å²) in [6.45, 7) is 6.72. The van der Waals surface area contributed by atoms with Crippen molar-refractivity contribution in [1.82, 2.24) is 5.32 Å². The van der Waals surface area contributed by atoms with Gasteiger partial charge in [0.2, 0.25) is 0 Å². The summed E-state index contributed by atoms with van der Waals surface area (Å²) < 4.78 is 5.67.